The molecular formula is C33H36N4O6. The van der Waals surface area contributed by atoms with Gasteiger partial charge in [0, 0.05) is 57.7 Å². The second kappa shape index (κ2) is 11.2. The molecule has 1 amide bonds. The molecular weight excluding hydrogens is 548 g/mol. The molecule has 224 valence electrons. The van der Waals surface area contributed by atoms with Gasteiger partial charge in [0.05, 0.1) is 6.04 Å². The molecule has 3 unspecified atom stereocenters. The van der Waals surface area contributed by atoms with Gasteiger partial charge in [-0.2, -0.15) is 0 Å². The molecule has 3 atom stereocenters. The Morgan fingerprint density at radius 3 is 2.42 bits per heavy atom. The van der Waals surface area contributed by atoms with Crippen molar-refractivity contribution in [2.75, 3.05) is 0 Å². The maximum Gasteiger partial charge on any atom is 0.332 e. The van der Waals surface area contributed by atoms with Gasteiger partial charge in [-0.25, -0.2) is 4.79 Å². The van der Waals surface area contributed by atoms with Gasteiger partial charge in [-0.15, -0.1) is 0 Å². The Morgan fingerprint density at radius 1 is 1.07 bits per heavy atom. The van der Waals surface area contributed by atoms with Gasteiger partial charge in [0.25, 0.3) is 0 Å². The first-order valence-electron chi connectivity index (χ1n) is 14.4. The van der Waals surface area contributed by atoms with Gasteiger partial charge in [0.1, 0.15) is 0 Å². The number of carbonyl (C=O) groups excluding carboxylic acids is 2. The molecule has 0 aromatic carbocycles. The van der Waals surface area contributed by atoms with Crippen molar-refractivity contribution in [2.24, 2.45) is 4.99 Å². The summed E-state index contributed by atoms with van der Waals surface area (Å²) in [7, 11) is 0. The second-order valence-corrected chi connectivity index (χ2v) is 11.4. The van der Waals surface area contributed by atoms with E-state index in [1.165, 1.54) is 0 Å². The predicted molar refractivity (Wildman–Crippen MR) is 163 cm³/mol. The highest BCUT2D eigenvalue weighted by molar-refractivity contribution is 6.16. The molecule has 0 bridgehead atoms. The highest BCUT2D eigenvalue weighted by Gasteiger charge is 2.41. The molecule has 3 aliphatic rings. The van der Waals surface area contributed by atoms with Gasteiger partial charge in [-0.05, 0) is 86.1 Å². The van der Waals surface area contributed by atoms with Crippen molar-refractivity contribution in [1.29, 1.82) is 0 Å². The van der Waals surface area contributed by atoms with E-state index in [1.807, 2.05) is 26.0 Å². The summed E-state index contributed by atoms with van der Waals surface area (Å²) in [6, 6.07) is -1.38. The Balaban J connectivity index is 1.58. The van der Waals surface area contributed by atoms with Gasteiger partial charge in [0.2, 0.25) is 5.91 Å². The minimum absolute atomic E-state index is 0.0615. The lowest BCUT2D eigenvalue weighted by molar-refractivity contribution is -0.138. The first-order chi connectivity index (χ1) is 20.4. The van der Waals surface area contributed by atoms with Crippen LogP contribution in [0.1, 0.15) is 84.4 Å². The number of carboxylic acids is 2. The van der Waals surface area contributed by atoms with Crippen LogP contribution in [-0.4, -0.2) is 61.6 Å². The molecule has 0 radical (unpaired) electrons. The maximum absolute atomic E-state index is 13.3. The zero-order chi connectivity index (χ0) is 31.3. The molecule has 1 aliphatic carbocycles. The van der Waals surface area contributed by atoms with E-state index >= 15 is 0 Å². The number of H-pyrrole nitrogens is 2. The average molecular weight is 585 g/mol. The summed E-state index contributed by atoms with van der Waals surface area (Å²) in [5, 5.41) is 23.8. The molecule has 2 aromatic rings. The third-order valence-electron chi connectivity index (χ3n) is 8.99. The van der Waals surface area contributed by atoms with Crippen molar-refractivity contribution < 1.29 is 29.4 Å². The van der Waals surface area contributed by atoms with Crippen molar-refractivity contribution in [3.63, 3.8) is 0 Å². The van der Waals surface area contributed by atoms with Crippen molar-refractivity contribution in [3.05, 3.63) is 79.3 Å². The lowest BCUT2D eigenvalue weighted by atomic mass is 9.90. The molecule has 5 rings (SSSR count). The van der Waals surface area contributed by atoms with Crippen molar-refractivity contribution in [3.8, 4) is 0 Å². The van der Waals surface area contributed by atoms with E-state index in [4.69, 9.17) is 0 Å². The molecule has 2 aromatic heterocycles. The summed E-state index contributed by atoms with van der Waals surface area (Å²) < 4.78 is 0. The molecule has 5 N–H and O–H groups in total. The number of aromatic nitrogens is 2. The number of hydrogen-bond acceptors (Lipinski definition) is 5. The number of rotatable bonds is 9. The predicted octanol–water partition coefficient (Wildman–Crippen LogP) is 2.89. The number of carbonyl (C=O) groups is 4. The zero-order valence-electron chi connectivity index (χ0n) is 25.0. The van der Waals surface area contributed by atoms with Crippen LogP contribution in [-0.2, 0) is 20.8 Å². The van der Waals surface area contributed by atoms with E-state index in [9.17, 15) is 29.4 Å². The van der Waals surface area contributed by atoms with E-state index in [2.05, 4.69) is 33.8 Å². The number of aliphatic carboxylic acids is 2. The van der Waals surface area contributed by atoms with E-state index in [0.29, 0.717) is 33.7 Å². The number of fused-ring (bicyclic) bond motifs is 1. The zero-order valence-corrected chi connectivity index (χ0v) is 25.0. The molecule has 0 saturated carbocycles. The van der Waals surface area contributed by atoms with E-state index in [0.717, 1.165) is 45.1 Å². The van der Waals surface area contributed by atoms with Crippen LogP contribution in [0.4, 0.5) is 0 Å². The topological polar surface area (TPSA) is 165 Å². The number of hydrogen-bond donors (Lipinski definition) is 5. The van der Waals surface area contributed by atoms with Gasteiger partial charge in [-0.3, -0.25) is 19.4 Å². The fraction of sp³-hybridized carbons (Fsp3) is 0.364. The first-order valence-corrected chi connectivity index (χ1v) is 14.4. The van der Waals surface area contributed by atoms with Crippen LogP contribution in [0.25, 0.3) is 12.2 Å². The second-order valence-electron chi connectivity index (χ2n) is 11.4. The van der Waals surface area contributed by atoms with Gasteiger partial charge in [-0.1, -0.05) is 19.6 Å². The normalized spacial score (nSPS) is 22.5. The Kier molecular flexibility index (Phi) is 7.72. The van der Waals surface area contributed by atoms with Gasteiger partial charge in [0.15, 0.2) is 11.8 Å². The quantitative estimate of drug-likeness (QED) is 0.304. The van der Waals surface area contributed by atoms with Crippen LogP contribution in [0.15, 0.2) is 39.9 Å². The lowest BCUT2D eigenvalue weighted by Gasteiger charge is -2.14. The number of Topliss-reactive ketones (excluding diaryl/α,β-unsaturated/α-hetero) is 1. The number of aromatic amines is 2. The van der Waals surface area contributed by atoms with E-state index < -0.39 is 23.9 Å². The van der Waals surface area contributed by atoms with Crippen LogP contribution in [0.2, 0.25) is 0 Å². The van der Waals surface area contributed by atoms with Crippen molar-refractivity contribution in [2.45, 2.75) is 78.3 Å². The molecule has 0 spiro atoms. The first kappa shape index (κ1) is 29.8. The molecule has 2 aliphatic heterocycles. The third kappa shape index (κ3) is 5.00. The van der Waals surface area contributed by atoms with Crippen molar-refractivity contribution in [1.82, 2.24) is 15.3 Å². The van der Waals surface area contributed by atoms with E-state index in [-0.39, 0.29) is 37.0 Å². The fourth-order valence-corrected chi connectivity index (χ4v) is 6.64. The molecule has 10 nitrogen and oxygen atoms in total. The number of nitrogens with zero attached hydrogens (tertiary/aromatic N) is 1. The minimum atomic E-state index is -1.11. The number of amides is 1. The Bertz CT molecular complexity index is 1830. The molecule has 43 heavy (non-hydrogen) atoms. The Labute approximate surface area is 248 Å². The van der Waals surface area contributed by atoms with Gasteiger partial charge < -0.3 is 25.5 Å². The van der Waals surface area contributed by atoms with Gasteiger partial charge >= 0.3 is 11.9 Å². The summed E-state index contributed by atoms with van der Waals surface area (Å²) in [5.41, 5.74) is 8.05. The van der Waals surface area contributed by atoms with Crippen LogP contribution in [0.5, 0.6) is 0 Å². The summed E-state index contributed by atoms with van der Waals surface area (Å²) in [6.45, 7) is 13.3. The largest absolute Gasteiger partial charge is 0.481 e. The number of nitrogens with one attached hydrogen (secondary N) is 3. The summed E-state index contributed by atoms with van der Waals surface area (Å²) >= 11 is 0. The Hall–Kier alpha value is -4.73. The summed E-state index contributed by atoms with van der Waals surface area (Å²) in [5.74, 6) is -2.75. The van der Waals surface area contributed by atoms with Crippen LogP contribution < -0.4 is 16.0 Å². The van der Waals surface area contributed by atoms with Crippen LogP contribution in [0, 0.1) is 13.8 Å². The monoisotopic (exact) mass is 584 g/mol. The fourth-order valence-electron chi connectivity index (χ4n) is 6.64. The minimum Gasteiger partial charge on any atom is -0.481 e. The number of carboxylic acid groups (broad SMARTS) is 2. The molecule has 0 fully saturated rings. The molecule has 10 heteroatoms. The molecule has 4 heterocycles. The molecule has 0 saturated heterocycles. The third-order valence-corrected chi connectivity index (χ3v) is 8.99. The van der Waals surface area contributed by atoms with Crippen LogP contribution in [0.3, 0.4) is 0 Å². The highest BCUT2D eigenvalue weighted by atomic mass is 16.4. The average Bonchev–Trinajstić information content (AvgIpc) is 3.69. The number of aliphatic imine (C=N–C) groups is 1. The smallest absolute Gasteiger partial charge is 0.332 e. The Morgan fingerprint density at radius 2 is 1.79 bits per heavy atom. The number of allylic oxidation sites excluding steroid dienone is 1. The van der Waals surface area contributed by atoms with E-state index in [1.54, 1.807) is 19.9 Å². The SMILES string of the molecule is C=CC1=C(C)C(=O)NC1/C=c1/[nH]/c(=C/c2[nH]c3c(c2C)C(=O)CC3C2=NC(C(=O)O)C(C)=C2CCC(=O)O)c(CC)c1C. The van der Waals surface area contributed by atoms with Crippen molar-refractivity contribution >= 4 is 41.5 Å². The lowest BCUT2D eigenvalue weighted by Crippen LogP contribution is -2.29. The summed E-state index contributed by atoms with van der Waals surface area (Å²) in [4.78, 5) is 60.3. The standard InChI is InChI=1S/C33H36N4O6/c1-7-18-14(3)22(12-25-19(8-2)16(5)32(41)36-25)34-24(18)13-23-17(6)28-26(38)11-21(31(28)35-23)30-20(9-10-27(39)40)15(4)29(37-30)33(42)43/h8,12-13,21,25,29,34-35H,2,7,9-11H2,1,3-6H3,(H,36,41)(H,39,40)(H,42,43)/b22-12+,24-13+. The highest BCUT2D eigenvalue weighted by Crippen LogP contribution is 2.42. The number of ketones is 1. The van der Waals surface area contributed by atoms with Crippen LogP contribution >= 0.6 is 0 Å². The maximum atomic E-state index is 13.3. The summed E-state index contributed by atoms with van der Waals surface area (Å²) in [6.07, 6.45) is 6.56.